The van der Waals surface area contributed by atoms with Crippen molar-refractivity contribution in [2.75, 3.05) is 112 Å². The summed E-state index contributed by atoms with van der Waals surface area (Å²) in [4.78, 5) is 61.2. The molecule has 416 valence electrons. The second kappa shape index (κ2) is 30.8. The van der Waals surface area contributed by atoms with Gasteiger partial charge in [-0.3, -0.25) is 14.6 Å². The normalized spacial score (nSPS) is 16.8. The third-order valence-electron chi connectivity index (χ3n) is 13.5. The Kier molecular flexibility index (Phi) is 25.5. The summed E-state index contributed by atoms with van der Waals surface area (Å²) in [6, 6.07) is 17.3. The molecule has 4 aromatic rings. The van der Waals surface area contributed by atoms with E-state index in [4.69, 9.17) is 0 Å². The van der Waals surface area contributed by atoms with Crippen LogP contribution in [-0.2, 0) is 21.9 Å². The monoisotopic (exact) mass is 1100 g/mol. The predicted molar refractivity (Wildman–Crippen MR) is 267 cm³/mol. The van der Waals surface area contributed by atoms with Crippen LogP contribution in [0.1, 0.15) is 62.5 Å². The number of piperidine rings is 2. The molecule has 0 radical (unpaired) electrons. The number of carbonyl (C=O) groups excluding carboxylic acids is 2. The van der Waals surface area contributed by atoms with Gasteiger partial charge in [0.2, 0.25) is 5.91 Å². The van der Waals surface area contributed by atoms with E-state index in [0.29, 0.717) is 38.5 Å². The number of amides is 1. The van der Waals surface area contributed by atoms with E-state index in [1.54, 1.807) is 12.1 Å². The molecule has 4 aliphatic rings. The maximum Gasteiger partial charge on any atom is 1.00 e. The van der Waals surface area contributed by atoms with E-state index in [2.05, 4.69) is 40.6 Å². The Morgan fingerprint density at radius 3 is 1.32 bits per heavy atom. The number of rotatable bonds is 16. The number of benzene rings is 2. The Hall–Kier alpha value is -5.97. The number of piperazine rings is 2. The first kappa shape index (κ1) is 63.6. The fourth-order valence-corrected chi connectivity index (χ4v) is 9.22. The Morgan fingerprint density at radius 2 is 0.974 bits per heavy atom. The molecule has 77 heavy (non-hydrogen) atoms. The van der Waals surface area contributed by atoms with Gasteiger partial charge in [0.1, 0.15) is 0 Å². The Bertz CT molecular complexity index is 2430. The van der Waals surface area contributed by atoms with Gasteiger partial charge >= 0.3 is 42.8 Å². The average molecular weight is 1100 g/mol. The zero-order valence-corrected chi connectivity index (χ0v) is 43.7. The van der Waals surface area contributed by atoms with Gasteiger partial charge in [0.15, 0.2) is 12.4 Å². The van der Waals surface area contributed by atoms with Crippen molar-refractivity contribution in [3.8, 4) is 0 Å². The number of aromatic nitrogens is 2. The van der Waals surface area contributed by atoms with Crippen LogP contribution in [0.15, 0.2) is 85.2 Å². The van der Waals surface area contributed by atoms with Crippen LogP contribution in [-0.4, -0.2) is 150 Å². The molecule has 0 atom stereocenters. The summed E-state index contributed by atoms with van der Waals surface area (Å²) in [5, 5.41) is 40.5. The number of nitrogens with two attached hydrogens (primary N) is 1. The number of aliphatic carboxylic acids is 1. The van der Waals surface area contributed by atoms with Crippen molar-refractivity contribution < 1.29 is 87.5 Å². The van der Waals surface area contributed by atoms with Crippen molar-refractivity contribution in [3.05, 3.63) is 117 Å². The number of nitro groups is 2. The molecular formula is C50H64ClF6LiN12O7. The Labute approximate surface area is 461 Å². The van der Waals surface area contributed by atoms with Gasteiger partial charge in [-0.25, -0.2) is 0 Å². The number of nitrogens with zero attached hydrogens (tertiary/aromatic N) is 9. The van der Waals surface area contributed by atoms with Gasteiger partial charge in [0.25, 0.3) is 0 Å². The minimum atomic E-state index is -4.32. The maximum absolute atomic E-state index is 12.8. The van der Waals surface area contributed by atoms with Crippen LogP contribution in [0.5, 0.6) is 0 Å². The third kappa shape index (κ3) is 21.1. The van der Waals surface area contributed by atoms with Crippen LogP contribution in [0, 0.1) is 20.2 Å². The topological polar surface area (TPSA) is 226 Å². The summed E-state index contributed by atoms with van der Waals surface area (Å²) in [5.41, 5.74) is 1.89. The minimum Gasteiger partial charge on any atom is -1.00 e. The van der Waals surface area contributed by atoms with Crippen molar-refractivity contribution in [2.24, 2.45) is 0 Å². The molecule has 0 unspecified atom stereocenters. The second-order valence-electron chi connectivity index (χ2n) is 18.7. The number of carboxylic acids is 1. The van der Waals surface area contributed by atoms with Gasteiger partial charge in [0, 0.05) is 126 Å². The molecule has 19 nitrogen and oxygen atoms in total. The number of quaternary nitrogens is 1. The summed E-state index contributed by atoms with van der Waals surface area (Å²) in [7, 11) is 0. The van der Waals surface area contributed by atoms with Crippen LogP contribution in [0.25, 0.3) is 0 Å². The molecule has 2 aromatic heterocycles. The van der Waals surface area contributed by atoms with E-state index >= 15 is 0 Å². The Morgan fingerprint density at radius 1 is 0.584 bits per heavy atom. The molecule has 4 N–H and O–H groups in total. The fourth-order valence-electron chi connectivity index (χ4n) is 9.22. The SMILES string of the molecule is O=C(CCCN1CCN(c2ccc(C(F)(F)F)cc2)CC1)N1CCC(Nc2ccc([N+](=O)[O-])nc2)CC1.O=C([O-])CCCN1CCN(c2ccc(C(F)(F)F)cc2)CC1.O=[N+]([O-])c1ccc(NC2CC[NH2+]CC2)cn1.[Cl-].[Li+]. The number of anilines is 4. The molecule has 0 spiro atoms. The third-order valence-corrected chi connectivity index (χ3v) is 13.5. The minimum absolute atomic E-state index is 0. The van der Waals surface area contributed by atoms with E-state index in [0.717, 1.165) is 151 Å². The summed E-state index contributed by atoms with van der Waals surface area (Å²) in [5.74, 6) is -1.18. The molecule has 4 fully saturated rings. The number of carbonyl (C=O) groups is 2. The first-order valence-corrected chi connectivity index (χ1v) is 25.1. The molecule has 1 amide bonds. The molecule has 0 aliphatic carbocycles. The zero-order chi connectivity index (χ0) is 54.0. The van der Waals surface area contributed by atoms with E-state index in [9.17, 15) is 61.3 Å². The van der Waals surface area contributed by atoms with Crippen molar-refractivity contribution in [2.45, 2.75) is 75.8 Å². The van der Waals surface area contributed by atoms with Crippen molar-refractivity contribution in [3.63, 3.8) is 0 Å². The summed E-state index contributed by atoms with van der Waals surface area (Å²) >= 11 is 0. The largest absolute Gasteiger partial charge is 1.00 e. The number of nitrogens with one attached hydrogen (secondary N) is 2. The van der Waals surface area contributed by atoms with Gasteiger partial charge in [-0.05, 0) is 126 Å². The van der Waals surface area contributed by atoms with Gasteiger partial charge in [-0.2, -0.15) is 26.3 Å². The van der Waals surface area contributed by atoms with Crippen molar-refractivity contribution in [1.82, 2.24) is 24.7 Å². The molecule has 4 saturated heterocycles. The van der Waals surface area contributed by atoms with Crippen LogP contribution in [0.4, 0.5) is 60.7 Å². The number of hydrogen-bond acceptors (Lipinski definition) is 15. The van der Waals surface area contributed by atoms with Crippen LogP contribution in [0.3, 0.4) is 0 Å². The zero-order valence-electron chi connectivity index (χ0n) is 42.9. The molecular weight excluding hydrogens is 1040 g/mol. The van der Waals surface area contributed by atoms with Crippen LogP contribution >= 0.6 is 0 Å². The first-order chi connectivity index (χ1) is 35.8. The summed E-state index contributed by atoms with van der Waals surface area (Å²) in [6.07, 6.45) is 0.0639. The van der Waals surface area contributed by atoms with E-state index < -0.39 is 39.3 Å². The van der Waals surface area contributed by atoms with E-state index in [1.165, 1.54) is 48.8 Å². The molecule has 27 heteroatoms. The maximum atomic E-state index is 12.8. The van der Waals surface area contributed by atoms with Crippen LogP contribution in [0.2, 0.25) is 0 Å². The number of carboxylic acid groups (broad SMARTS) is 1. The van der Waals surface area contributed by atoms with Crippen LogP contribution < -0.4 is 62.1 Å². The molecule has 0 bridgehead atoms. The number of likely N-dealkylation sites (tertiary alicyclic amines) is 1. The standard InChI is InChI=1S/C25H31F3N6O3.C15H19F3N2O2.C10H14N4O2.ClH.Li/c26-25(27,28)19-3-6-22(7-4-19)32-16-14-31(15-17-32)11-1-2-24(35)33-12-9-20(10-13-33)30-21-5-8-23(29-18-21)34(36)37;16-15(17,18)12-3-5-13(6-4-12)20-10-8-19(9-11-20)7-1-2-14(21)22;15-14(16)10-2-1-9(7-12-10)13-8-3-5-11-6-4-8;;/h3-8,18,20,30H,1-2,9-17H2;3-6H,1-2,7-11H2,(H,21,22);1-2,7-8,11,13H,3-6H2;1H;/q;;;;+1/p-1. The smallest absolute Gasteiger partial charge is 1.00 e. The first-order valence-electron chi connectivity index (χ1n) is 25.1. The molecule has 0 saturated carbocycles. The summed E-state index contributed by atoms with van der Waals surface area (Å²) < 4.78 is 75.9. The number of alkyl halides is 6. The number of halogens is 7. The quantitative estimate of drug-likeness (QED) is 0.0557. The predicted octanol–water partition coefficient (Wildman–Crippen LogP) is -0.493. The molecule has 8 rings (SSSR count). The van der Waals surface area contributed by atoms with Gasteiger partial charge in [-0.15, -0.1) is 0 Å². The summed E-state index contributed by atoms with van der Waals surface area (Å²) in [6.45, 7) is 11.2. The average Bonchev–Trinajstić information content (AvgIpc) is 3.40. The van der Waals surface area contributed by atoms with Gasteiger partial charge in [0.05, 0.1) is 35.6 Å². The number of pyridine rings is 2. The molecule has 6 heterocycles. The van der Waals surface area contributed by atoms with Crippen molar-refractivity contribution >= 4 is 46.3 Å². The van der Waals surface area contributed by atoms with Crippen molar-refractivity contribution in [1.29, 1.82) is 0 Å². The van der Waals surface area contributed by atoms with Gasteiger partial charge in [-0.1, -0.05) is 0 Å². The van der Waals surface area contributed by atoms with E-state index in [1.807, 2.05) is 9.80 Å². The molecule has 4 aliphatic heterocycles. The second-order valence-corrected chi connectivity index (χ2v) is 18.7. The number of hydrogen-bond donors (Lipinski definition) is 3. The molecule has 2 aromatic carbocycles. The van der Waals surface area contributed by atoms with Gasteiger partial charge < -0.3 is 73.2 Å². The fraction of sp³-hybridized carbons (Fsp3) is 0.520. The van der Waals surface area contributed by atoms with E-state index in [-0.39, 0.29) is 61.3 Å². The Balaban J connectivity index is 0.000000271.